The van der Waals surface area contributed by atoms with Crippen LogP contribution in [0.4, 0.5) is 0 Å². The van der Waals surface area contributed by atoms with Crippen molar-refractivity contribution in [1.29, 1.82) is 0 Å². The van der Waals surface area contributed by atoms with Crippen molar-refractivity contribution in [3.63, 3.8) is 0 Å². The number of halogens is 1. The Balaban J connectivity index is 1.43. The van der Waals surface area contributed by atoms with Crippen LogP contribution in [0.15, 0.2) is 30.5 Å². The van der Waals surface area contributed by atoms with Gasteiger partial charge in [-0.05, 0) is 61.8 Å². The van der Waals surface area contributed by atoms with E-state index in [9.17, 15) is 4.79 Å². The summed E-state index contributed by atoms with van der Waals surface area (Å²) in [6, 6.07) is 7.80. The van der Waals surface area contributed by atoms with Crippen molar-refractivity contribution >= 4 is 17.5 Å². The number of aromatic nitrogens is 2. The third kappa shape index (κ3) is 3.27. The number of aryl methyl sites for hydroxylation is 1. The first-order chi connectivity index (χ1) is 12.7. The molecule has 4 nitrogen and oxygen atoms in total. The van der Waals surface area contributed by atoms with E-state index in [0.29, 0.717) is 11.6 Å². The molecular weight excluding hydrogens is 346 g/mol. The van der Waals surface area contributed by atoms with Crippen molar-refractivity contribution in [3.8, 4) is 0 Å². The van der Waals surface area contributed by atoms with Crippen LogP contribution in [0, 0.1) is 0 Å². The van der Waals surface area contributed by atoms with Crippen LogP contribution < -0.4 is 5.32 Å². The molecule has 1 aromatic carbocycles. The van der Waals surface area contributed by atoms with Gasteiger partial charge in [-0.1, -0.05) is 36.6 Å². The van der Waals surface area contributed by atoms with Crippen molar-refractivity contribution in [2.24, 2.45) is 0 Å². The highest BCUT2D eigenvalue weighted by atomic mass is 35.5. The van der Waals surface area contributed by atoms with Crippen molar-refractivity contribution in [2.45, 2.75) is 63.3 Å². The second kappa shape index (κ2) is 7.43. The van der Waals surface area contributed by atoms with Crippen LogP contribution in [0.25, 0.3) is 0 Å². The SMILES string of the molecule is O=C(NCCn1ncc2c1CCCC2)C1(c2ccc(Cl)cc2)CCCC1. The highest BCUT2D eigenvalue weighted by molar-refractivity contribution is 6.30. The molecule has 4 rings (SSSR count). The molecule has 0 bridgehead atoms. The van der Waals surface area contributed by atoms with E-state index < -0.39 is 5.41 Å². The number of hydrogen-bond donors (Lipinski definition) is 1. The molecule has 2 aromatic rings. The Hall–Kier alpha value is -1.81. The fourth-order valence-electron chi connectivity index (χ4n) is 4.59. The quantitative estimate of drug-likeness (QED) is 0.862. The van der Waals surface area contributed by atoms with Gasteiger partial charge in [0.2, 0.25) is 5.91 Å². The van der Waals surface area contributed by atoms with E-state index in [-0.39, 0.29) is 5.91 Å². The van der Waals surface area contributed by atoms with E-state index in [1.54, 1.807) is 0 Å². The van der Waals surface area contributed by atoms with Gasteiger partial charge in [0.15, 0.2) is 0 Å². The molecule has 0 radical (unpaired) electrons. The second-order valence-electron chi connectivity index (χ2n) is 7.60. The average molecular weight is 372 g/mol. The van der Waals surface area contributed by atoms with Crippen LogP contribution in [0.1, 0.15) is 55.3 Å². The van der Waals surface area contributed by atoms with Gasteiger partial charge in [-0.15, -0.1) is 0 Å². The molecule has 1 amide bonds. The van der Waals surface area contributed by atoms with E-state index >= 15 is 0 Å². The summed E-state index contributed by atoms with van der Waals surface area (Å²) in [5.74, 6) is 0.151. The molecule has 0 aliphatic heterocycles. The van der Waals surface area contributed by atoms with Crippen LogP contribution >= 0.6 is 11.6 Å². The maximum atomic E-state index is 13.1. The van der Waals surface area contributed by atoms with Crippen molar-refractivity contribution in [1.82, 2.24) is 15.1 Å². The van der Waals surface area contributed by atoms with Gasteiger partial charge in [-0.25, -0.2) is 0 Å². The van der Waals surface area contributed by atoms with Crippen molar-refractivity contribution < 1.29 is 4.79 Å². The Labute approximate surface area is 159 Å². The summed E-state index contributed by atoms with van der Waals surface area (Å²) < 4.78 is 2.08. The Bertz CT molecular complexity index is 775. The summed E-state index contributed by atoms with van der Waals surface area (Å²) in [6.45, 7) is 1.38. The second-order valence-corrected chi connectivity index (χ2v) is 8.04. The smallest absolute Gasteiger partial charge is 0.230 e. The lowest BCUT2D eigenvalue weighted by Crippen LogP contribution is -2.43. The Morgan fingerprint density at radius 3 is 2.62 bits per heavy atom. The number of fused-ring (bicyclic) bond motifs is 1. The van der Waals surface area contributed by atoms with Gasteiger partial charge in [0.25, 0.3) is 0 Å². The van der Waals surface area contributed by atoms with E-state index in [4.69, 9.17) is 11.6 Å². The third-order valence-corrected chi connectivity index (χ3v) is 6.29. The van der Waals surface area contributed by atoms with E-state index in [0.717, 1.165) is 50.6 Å². The fourth-order valence-corrected chi connectivity index (χ4v) is 4.71. The summed E-state index contributed by atoms with van der Waals surface area (Å²) >= 11 is 6.03. The molecule has 0 unspecified atom stereocenters. The maximum absolute atomic E-state index is 13.1. The normalized spacial score (nSPS) is 18.5. The van der Waals surface area contributed by atoms with Crippen LogP contribution in [0.2, 0.25) is 5.02 Å². The highest BCUT2D eigenvalue weighted by Gasteiger charge is 2.42. The van der Waals surface area contributed by atoms with Crippen LogP contribution in [-0.4, -0.2) is 22.2 Å². The molecule has 2 aliphatic carbocycles. The number of hydrogen-bond acceptors (Lipinski definition) is 2. The fraction of sp³-hybridized carbons (Fsp3) is 0.524. The molecule has 0 atom stereocenters. The monoisotopic (exact) mass is 371 g/mol. The first-order valence-corrected chi connectivity index (χ1v) is 10.1. The minimum Gasteiger partial charge on any atom is -0.353 e. The van der Waals surface area contributed by atoms with E-state index in [1.165, 1.54) is 24.1 Å². The van der Waals surface area contributed by atoms with Gasteiger partial charge in [0, 0.05) is 17.3 Å². The molecule has 1 heterocycles. The lowest BCUT2D eigenvalue weighted by atomic mass is 9.78. The lowest BCUT2D eigenvalue weighted by molar-refractivity contribution is -0.126. The summed E-state index contributed by atoms with van der Waals surface area (Å²) in [7, 11) is 0. The van der Waals surface area contributed by atoms with Gasteiger partial charge >= 0.3 is 0 Å². The molecule has 5 heteroatoms. The zero-order chi connectivity index (χ0) is 18.0. The minimum absolute atomic E-state index is 0.151. The van der Waals surface area contributed by atoms with E-state index in [2.05, 4.69) is 15.1 Å². The van der Waals surface area contributed by atoms with Gasteiger partial charge < -0.3 is 5.32 Å². The molecule has 2 aliphatic rings. The Morgan fingerprint density at radius 2 is 1.85 bits per heavy atom. The Kier molecular flexibility index (Phi) is 5.03. The van der Waals surface area contributed by atoms with Crippen molar-refractivity contribution in [2.75, 3.05) is 6.54 Å². The topological polar surface area (TPSA) is 46.9 Å². The number of carbonyl (C=O) groups excluding carboxylic acids is 1. The molecule has 138 valence electrons. The zero-order valence-electron chi connectivity index (χ0n) is 15.1. The van der Waals surface area contributed by atoms with Crippen LogP contribution in [0.5, 0.6) is 0 Å². The predicted molar refractivity (Wildman–Crippen MR) is 103 cm³/mol. The summed E-state index contributed by atoms with van der Waals surface area (Å²) in [5, 5.41) is 8.43. The third-order valence-electron chi connectivity index (χ3n) is 6.04. The first kappa shape index (κ1) is 17.6. The van der Waals surface area contributed by atoms with Crippen LogP contribution in [-0.2, 0) is 29.6 Å². The standard InChI is InChI=1S/C21H26ClN3O/c22-18-9-7-17(8-10-18)21(11-3-4-12-21)20(26)23-13-14-25-19-6-2-1-5-16(19)15-24-25/h7-10,15H,1-6,11-14H2,(H,23,26). The number of rotatable bonds is 5. The Morgan fingerprint density at radius 1 is 1.12 bits per heavy atom. The number of carbonyl (C=O) groups is 1. The number of benzene rings is 1. The number of nitrogens with one attached hydrogen (secondary N) is 1. The number of nitrogens with zero attached hydrogens (tertiary/aromatic N) is 2. The maximum Gasteiger partial charge on any atom is 0.230 e. The van der Waals surface area contributed by atoms with Crippen molar-refractivity contribution in [3.05, 3.63) is 52.3 Å². The molecule has 1 aromatic heterocycles. The highest BCUT2D eigenvalue weighted by Crippen LogP contribution is 2.41. The molecule has 1 saturated carbocycles. The number of amides is 1. The minimum atomic E-state index is -0.395. The molecule has 1 N–H and O–H groups in total. The first-order valence-electron chi connectivity index (χ1n) is 9.77. The van der Waals surface area contributed by atoms with E-state index in [1.807, 2.05) is 30.5 Å². The van der Waals surface area contributed by atoms with Gasteiger partial charge in [-0.2, -0.15) is 5.10 Å². The van der Waals surface area contributed by atoms with Gasteiger partial charge in [0.1, 0.15) is 0 Å². The van der Waals surface area contributed by atoms with Crippen LogP contribution in [0.3, 0.4) is 0 Å². The van der Waals surface area contributed by atoms with Gasteiger partial charge in [-0.3, -0.25) is 9.48 Å². The summed E-state index contributed by atoms with van der Waals surface area (Å²) in [4.78, 5) is 13.1. The molecule has 0 spiro atoms. The van der Waals surface area contributed by atoms with Gasteiger partial charge in [0.05, 0.1) is 18.2 Å². The largest absolute Gasteiger partial charge is 0.353 e. The predicted octanol–water partition coefficient (Wildman–Crippen LogP) is 4.04. The molecule has 1 fully saturated rings. The molecule has 26 heavy (non-hydrogen) atoms. The average Bonchev–Trinajstić information content (AvgIpc) is 3.31. The molecular formula is C21H26ClN3O. The lowest BCUT2D eigenvalue weighted by Gasteiger charge is -2.28. The molecule has 0 saturated heterocycles. The summed E-state index contributed by atoms with van der Waals surface area (Å²) in [5.41, 5.74) is 3.44. The summed E-state index contributed by atoms with van der Waals surface area (Å²) in [6.07, 6.45) is 10.8. The zero-order valence-corrected chi connectivity index (χ0v) is 15.9.